The molecule has 0 aliphatic heterocycles. The topological polar surface area (TPSA) is 86.9 Å². The Morgan fingerprint density at radius 2 is 1.93 bits per heavy atom. The van der Waals surface area contributed by atoms with E-state index < -0.39 is 11.3 Å². The summed E-state index contributed by atoms with van der Waals surface area (Å²) in [6.45, 7) is 1.77. The molecule has 3 amide bonds. The Labute approximate surface area is 168 Å². The van der Waals surface area contributed by atoms with Crippen LogP contribution >= 0.6 is 34.4 Å². The van der Waals surface area contributed by atoms with Crippen molar-refractivity contribution in [2.24, 2.45) is 0 Å². The number of aromatic amines is 1. The van der Waals surface area contributed by atoms with Crippen molar-refractivity contribution in [1.82, 2.24) is 20.6 Å². The second-order valence-electron chi connectivity index (χ2n) is 6.22. The van der Waals surface area contributed by atoms with Crippen LogP contribution in [0.1, 0.15) is 19.8 Å². The summed E-state index contributed by atoms with van der Waals surface area (Å²) in [5.41, 5.74) is 1.84. The summed E-state index contributed by atoms with van der Waals surface area (Å²) >= 11 is 4.57. The van der Waals surface area contributed by atoms with E-state index >= 15 is 0 Å². The highest BCUT2D eigenvalue weighted by atomic mass is 32.2. The molecule has 0 spiro atoms. The van der Waals surface area contributed by atoms with Crippen LogP contribution in [0.4, 0.5) is 4.79 Å². The van der Waals surface area contributed by atoms with Crippen molar-refractivity contribution in [1.29, 1.82) is 0 Å². The van der Waals surface area contributed by atoms with E-state index in [-0.39, 0.29) is 11.9 Å². The number of imide groups is 1. The van der Waals surface area contributed by atoms with Crippen LogP contribution in [-0.4, -0.2) is 33.2 Å². The Morgan fingerprint density at radius 1 is 1.22 bits per heavy atom. The third-order valence-electron chi connectivity index (χ3n) is 4.01. The van der Waals surface area contributed by atoms with Gasteiger partial charge in [0.2, 0.25) is 5.91 Å². The number of imidazole rings is 1. The van der Waals surface area contributed by atoms with E-state index in [1.165, 1.54) is 11.8 Å². The highest BCUT2D eigenvalue weighted by Crippen LogP contribution is 2.37. The predicted molar refractivity (Wildman–Crippen MR) is 110 cm³/mol. The lowest BCUT2D eigenvalue weighted by molar-refractivity contribution is -0.119. The monoisotopic (exact) mass is 418 g/mol. The van der Waals surface area contributed by atoms with Gasteiger partial charge in [0.15, 0.2) is 5.16 Å². The highest BCUT2D eigenvalue weighted by Gasteiger charge is 2.26. The van der Waals surface area contributed by atoms with Crippen LogP contribution in [0.25, 0.3) is 21.1 Å². The smallest absolute Gasteiger partial charge is 0.321 e. The molecule has 1 aliphatic carbocycles. The normalized spacial score (nSPS) is 14.7. The lowest BCUT2D eigenvalue weighted by Gasteiger charge is -2.10. The first-order valence-corrected chi connectivity index (χ1v) is 11.2. The summed E-state index contributed by atoms with van der Waals surface area (Å²) in [5, 5.41) is 9.40. The third kappa shape index (κ3) is 4.42. The van der Waals surface area contributed by atoms with Crippen LogP contribution in [0.15, 0.2) is 40.2 Å². The number of hydrogen-bond donors (Lipinski definition) is 3. The van der Waals surface area contributed by atoms with Gasteiger partial charge in [-0.2, -0.15) is 0 Å². The molecule has 1 unspecified atom stereocenters. The van der Waals surface area contributed by atoms with Crippen LogP contribution in [0.5, 0.6) is 0 Å². The second kappa shape index (κ2) is 7.87. The Bertz CT molecular complexity index is 878. The van der Waals surface area contributed by atoms with Crippen LogP contribution in [0, 0.1) is 0 Å². The van der Waals surface area contributed by atoms with E-state index in [2.05, 4.69) is 15.6 Å². The van der Waals surface area contributed by atoms with Gasteiger partial charge in [-0.1, -0.05) is 23.9 Å². The predicted octanol–water partition coefficient (Wildman–Crippen LogP) is 4.34. The molecule has 6 nitrogen and oxygen atoms in total. The summed E-state index contributed by atoms with van der Waals surface area (Å²) in [5.74, 6) is -0.329. The minimum absolute atomic E-state index is 0.215. The molecular formula is C18H18N4O2S3. The molecule has 0 radical (unpaired) electrons. The number of amides is 3. The van der Waals surface area contributed by atoms with Crippen molar-refractivity contribution in [3.8, 4) is 21.1 Å². The van der Waals surface area contributed by atoms with Crippen molar-refractivity contribution in [3.63, 3.8) is 0 Å². The molecule has 3 N–H and O–H groups in total. The lowest BCUT2D eigenvalue weighted by atomic mass is 10.2. The summed E-state index contributed by atoms with van der Waals surface area (Å²) < 4.78 is 0. The number of hydrogen-bond acceptors (Lipinski definition) is 6. The number of aromatic nitrogens is 2. The molecule has 0 saturated heterocycles. The van der Waals surface area contributed by atoms with E-state index in [1.807, 2.05) is 35.0 Å². The van der Waals surface area contributed by atoms with Crippen molar-refractivity contribution < 1.29 is 9.59 Å². The molecule has 1 aliphatic rings. The molecule has 1 atom stereocenters. The highest BCUT2D eigenvalue weighted by molar-refractivity contribution is 8.00. The van der Waals surface area contributed by atoms with Gasteiger partial charge in [-0.3, -0.25) is 10.1 Å². The van der Waals surface area contributed by atoms with E-state index in [0.717, 1.165) is 34.0 Å². The quantitative estimate of drug-likeness (QED) is 0.520. The van der Waals surface area contributed by atoms with Crippen molar-refractivity contribution in [3.05, 3.63) is 35.0 Å². The number of rotatable bonds is 6. The molecule has 3 aromatic rings. The fourth-order valence-corrected chi connectivity index (χ4v) is 4.73. The van der Waals surface area contributed by atoms with E-state index in [1.54, 1.807) is 29.6 Å². The number of thiophene rings is 2. The molecular weight excluding hydrogens is 400 g/mol. The minimum atomic E-state index is -0.450. The molecule has 1 fully saturated rings. The summed E-state index contributed by atoms with van der Waals surface area (Å²) in [6, 6.07) is 7.86. The fraction of sp³-hybridized carbons (Fsp3) is 0.278. The third-order valence-corrected chi connectivity index (χ3v) is 6.76. The SMILES string of the molecule is CC(Sc1nc(-c2cccs2)c(-c2cccs2)[nH]1)C(=O)NC(=O)NC1CC1. The zero-order valence-corrected chi connectivity index (χ0v) is 17.0. The second-order valence-corrected chi connectivity index (χ2v) is 9.44. The number of nitrogens with zero attached hydrogens (tertiary/aromatic N) is 1. The van der Waals surface area contributed by atoms with Gasteiger partial charge in [0.05, 0.1) is 20.7 Å². The number of thioether (sulfide) groups is 1. The maximum absolute atomic E-state index is 12.3. The molecule has 140 valence electrons. The van der Waals surface area contributed by atoms with Crippen LogP contribution in [-0.2, 0) is 4.79 Å². The van der Waals surface area contributed by atoms with E-state index in [4.69, 9.17) is 4.98 Å². The Morgan fingerprint density at radius 3 is 2.56 bits per heavy atom. The molecule has 27 heavy (non-hydrogen) atoms. The molecule has 1 saturated carbocycles. The summed E-state index contributed by atoms with van der Waals surface area (Å²) in [6.07, 6.45) is 1.96. The largest absolute Gasteiger partial charge is 0.335 e. The van der Waals surface area contributed by atoms with Gasteiger partial charge >= 0.3 is 6.03 Å². The van der Waals surface area contributed by atoms with Crippen molar-refractivity contribution in [2.45, 2.75) is 36.2 Å². The van der Waals surface area contributed by atoms with E-state index in [9.17, 15) is 9.59 Å². The standard InChI is InChI=1S/C18H18N4O2S3/c1-10(16(23)22-17(24)19-11-6-7-11)27-18-20-14(12-4-2-8-25-12)15(21-18)13-5-3-9-26-13/h2-5,8-11H,6-7H2,1H3,(H,20,21)(H2,19,22,23,24). The van der Waals surface area contributed by atoms with Crippen molar-refractivity contribution >= 4 is 46.4 Å². The lowest BCUT2D eigenvalue weighted by Crippen LogP contribution is -2.43. The zero-order chi connectivity index (χ0) is 18.8. The average Bonchev–Trinajstić information content (AvgIpc) is 3.10. The summed E-state index contributed by atoms with van der Waals surface area (Å²) in [4.78, 5) is 34.3. The molecule has 9 heteroatoms. The number of H-pyrrole nitrogens is 1. The van der Waals surface area contributed by atoms with Gasteiger partial charge < -0.3 is 10.3 Å². The van der Waals surface area contributed by atoms with Gasteiger partial charge in [-0.05, 0) is 42.7 Å². The van der Waals surface area contributed by atoms with Crippen LogP contribution in [0.3, 0.4) is 0 Å². The fourth-order valence-electron chi connectivity index (χ4n) is 2.48. The van der Waals surface area contributed by atoms with Gasteiger partial charge in [-0.15, -0.1) is 22.7 Å². The van der Waals surface area contributed by atoms with Crippen LogP contribution < -0.4 is 10.6 Å². The molecule has 0 bridgehead atoms. The maximum Gasteiger partial charge on any atom is 0.321 e. The minimum Gasteiger partial charge on any atom is -0.335 e. The van der Waals surface area contributed by atoms with Crippen LogP contribution in [0.2, 0.25) is 0 Å². The Balaban J connectivity index is 1.49. The number of carbonyl (C=O) groups is 2. The Hall–Kier alpha value is -2.10. The first-order valence-electron chi connectivity index (χ1n) is 8.56. The molecule has 4 rings (SSSR count). The van der Waals surface area contributed by atoms with Gasteiger partial charge in [0.25, 0.3) is 0 Å². The average molecular weight is 419 g/mol. The molecule has 0 aromatic carbocycles. The first-order chi connectivity index (χ1) is 13.1. The number of urea groups is 1. The van der Waals surface area contributed by atoms with Crippen molar-refractivity contribution in [2.75, 3.05) is 0 Å². The van der Waals surface area contributed by atoms with Gasteiger partial charge in [0.1, 0.15) is 5.69 Å². The molecule has 3 heterocycles. The molecule has 3 aromatic heterocycles. The van der Waals surface area contributed by atoms with Gasteiger partial charge in [0, 0.05) is 6.04 Å². The summed E-state index contributed by atoms with van der Waals surface area (Å²) in [7, 11) is 0. The maximum atomic E-state index is 12.3. The Kier molecular flexibility index (Phi) is 5.33. The number of nitrogens with one attached hydrogen (secondary N) is 3. The van der Waals surface area contributed by atoms with Gasteiger partial charge in [-0.25, -0.2) is 9.78 Å². The van der Waals surface area contributed by atoms with E-state index in [0.29, 0.717) is 5.16 Å². The number of carbonyl (C=O) groups excluding carboxylic acids is 2. The zero-order valence-electron chi connectivity index (χ0n) is 14.5. The first kappa shape index (κ1) is 18.3.